The van der Waals surface area contributed by atoms with Gasteiger partial charge in [0.25, 0.3) is 0 Å². The lowest BCUT2D eigenvalue weighted by Gasteiger charge is -2.25. The molecule has 0 bridgehead atoms. The van der Waals surface area contributed by atoms with E-state index in [4.69, 9.17) is 0 Å². The molecule has 0 radical (unpaired) electrons. The van der Waals surface area contributed by atoms with E-state index in [0.29, 0.717) is 13.0 Å². The molecule has 5 heteroatoms. The summed E-state index contributed by atoms with van der Waals surface area (Å²) in [5.41, 5.74) is 2.14. The Morgan fingerprint density at radius 3 is 3.00 bits per heavy atom. The molecule has 112 valence electrons. The van der Waals surface area contributed by atoms with Crippen LogP contribution in [0.15, 0.2) is 24.3 Å². The molecular formula is C16H21N3O2. The lowest BCUT2D eigenvalue weighted by molar-refractivity contribution is -0.122. The summed E-state index contributed by atoms with van der Waals surface area (Å²) in [4.78, 5) is 26.3. The second kappa shape index (κ2) is 5.76. The van der Waals surface area contributed by atoms with Gasteiger partial charge in [0.2, 0.25) is 5.91 Å². The molecule has 2 aliphatic heterocycles. The van der Waals surface area contributed by atoms with Crippen molar-refractivity contribution < 1.29 is 9.59 Å². The molecule has 2 heterocycles. The van der Waals surface area contributed by atoms with Gasteiger partial charge in [-0.2, -0.15) is 0 Å². The van der Waals surface area contributed by atoms with Gasteiger partial charge in [0.15, 0.2) is 0 Å². The smallest absolute Gasteiger partial charge is 0.322 e. The Morgan fingerprint density at radius 1 is 1.33 bits per heavy atom. The molecule has 2 atom stereocenters. The summed E-state index contributed by atoms with van der Waals surface area (Å²) in [5.74, 6) is -0.0685. The first-order valence-electron chi connectivity index (χ1n) is 7.62. The minimum Gasteiger partial charge on any atom is -0.354 e. The van der Waals surface area contributed by atoms with E-state index in [1.807, 2.05) is 25.1 Å². The third kappa shape index (κ3) is 2.73. The lowest BCUT2D eigenvalue weighted by Crippen LogP contribution is -2.52. The quantitative estimate of drug-likeness (QED) is 0.827. The number of nitrogens with zero attached hydrogens (tertiary/aromatic N) is 1. The fourth-order valence-electron chi connectivity index (χ4n) is 3.17. The van der Waals surface area contributed by atoms with Gasteiger partial charge in [-0.05, 0) is 44.2 Å². The number of anilines is 1. The Bertz CT molecular complexity index is 558. The van der Waals surface area contributed by atoms with Crippen molar-refractivity contribution in [3.8, 4) is 0 Å². The topological polar surface area (TPSA) is 61.4 Å². The fraction of sp³-hybridized carbons (Fsp3) is 0.500. The van der Waals surface area contributed by atoms with Crippen LogP contribution in [0.3, 0.4) is 0 Å². The average Bonchev–Trinajstić information content (AvgIpc) is 2.67. The van der Waals surface area contributed by atoms with Crippen molar-refractivity contribution in [2.45, 2.75) is 44.7 Å². The highest BCUT2D eigenvalue weighted by molar-refractivity contribution is 5.97. The summed E-state index contributed by atoms with van der Waals surface area (Å²) in [6.45, 7) is 2.74. The Labute approximate surface area is 124 Å². The molecule has 1 aromatic carbocycles. The van der Waals surface area contributed by atoms with E-state index in [-0.39, 0.29) is 18.0 Å². The SMILES string of the molecule is CC1Cc2ccccc2N1C(=O)NC1CCCCNC1=O. The van der Waals surface area contributed by atoms with E-state index in [1.54, 1.807) is 4.90 Å². The summed E-state index contributed by atoms with van der Waals surface area (Å²) in [5, 5.41) is 5.75. The van der Waals surface area contributed by atoms with Crippen LogP contribution >= 0.6 is 0 Å². The Balaban J connectivity index is 1.74. The zero-order chi connectivity index (χ0) is 14.8. The summed E-state index contributed by atoms with van der Waals surface area (Å²) in [7, 11) is 0. The molecule has 2 aliphatic rings. The number of rotatable bonds is 1. The lowest BCUT2D eigenvalue weighted by atomic mass is 10.1. The number of hydrogen-bond donors (Lipinski definition) is 2. The number of amides is 3. The number of hydrogen-bond acceptors (Lipinski definition) is 2. The summed E-state index contributed by atoms with van der Waals surface area (Å²) < 4.78 is 0. The first-order valence-corrected chi connectivity index (χ1v) is 7.62. The molecular weight excluding hydrogens is 266 g/mol. The number of carbonyl (C=O) groups is 2. The molecule has 3 rings (SSSR count). The van der Waals surface area contributed by atoms with Gasteiger partial charge >= 0.3 is 6.03 Å². The van der Waals surface area contributed by atoms with Gasteiger partial charge in [-0.1, -0.05) is 18.2 Å². The highest BCUT2D eigenvalue weighted by Gasteiger charge is 2.33. The second-order valence-electron chi connectivity index (χ2n) is 5.84. The van der Waals surface area contributed by atoms with Gasteiger partial charge in [-0.15, -0.1) is 0 Å². The minimum absolute atomic E-state index is 0.0685. The van der Waals surface area contributed by atoms with Crippen LogP contribution < -0.4 is 15.5 Å². The van der Waals surface area contributed by atoms with Crippen LogP contribution in [-0.2, 0) is 11.2 Å². The predicted molar refractivity (Wildman–Crippen MR) is 81.3 cm³/mol. The van der Waals surface area contributed by atoms with Crippen LogP contribution in [0.4, 0.5) is 10.5 Å². The van der Waals surface area contributed by atoms with E-state index < -0.39 is 6.04 Å². The van der Waals surface area contributed by atoms with E-state index in [1.165, 1.54) is 5.56 Å². The highest BCUT2D eigenvalue weighted by Crippen LogP contribution is 2.31. The number of nitrogens with one attached hydrogen (secondary N) is 2. The van der Waals surface area contributed by atoms with E-state index in [9.17, 15) is 9.59 Å². The predicted octanol–water partition coefficient (Wildman–Crippen LogP) is 1.82. The van der Waals surface area contributed by atoms with Crippen LogP contribution in [0, 0.1) is 0 Å². The van der Waals surface area contributed by atoms with E-state index in [0.717, 1.165) is 24.9 Å². The molecule has 1 aromatic rings. The number of fused-ring (bicyclic) bond motifs is 1. The van der Waals surface area contributed by atoms with E-state index in [2.05, 4.69) is 16.7 Å². The van der Waals surface area contributed by atoms with Crippen molar-refractivity contribution >= 4 is 17.6 Å². The van der Waals surface area contributed by atoms with Crippen LogP contribution in [0.5, 0.6) is 0 Å². The van der Waals surface area contributed by atoms with Crippen LogP contribution in [0.2, 0.25) is 0 Å². The number of benzene rings is 1. The normalized spacial score (nSPS) is 25.0. The highest BCUT2D eigenvalue weighted by atomic mass is 16.2. The van der Waals surface area contributed by atoms with Gasteiger partial charge in [0.1, 0.15) is 6.04 Å². The molecule has 2 unspecified atom stereocenters. The van der Waals surface area contributed by atoms with Gasteiger partial charge in [0, 0.05) is 18.3 Å². The first kappa shape index (κ1) is 13.9. The van der Waals surface area contributed by atoms with Crippen molar-refractivity contribution in [1.29, 1.82) is 0 Å². The number of para-hydroxylation sites is 1. The zero-order valence-corrected chi connectivity index (χ0v) is 12.3. The molecule has 21 heavy (non-hydrogen) atoms. The Kier molecular flexibility index (Phi) is 3.82. The van der Waals surface area contributed by atoms with Gasteiger partial charge in [0.05, 0.1) is 0 Å². The zero-order valence-electron chi connectivity index (χ0n) is 12.3. The molecule has 0 aliphatic carbocycles. The maximum absolute atomic E-state index is 12.6. The summed E-state index contributed by atoms with van der Waals surface area (Å²) in [6.07, 6.45) is 3.50. The minimum atomic E-state index is -0.417. The Hall–Kier alpha value is -2.04. The molecule has 5 nitrogen and oxygen atoms in total. The van der Waals surface area contributed by atoms with Crippen LogP contribution in [0.1, 0.15) is 31.7 Å². The number of urea groups is 1. The molecule has 0 saturated carbocycles. The molecule has 2 N–H and O–H groups in total. The van der Waals surface area contributed by atoms with Crippen LogP contribution in [0.25, 0.3) is 0 Å². The van der Waals surface area contributed by atoms with Crippen LogP contribution in [-0.4, -0.2) is 30.6 Å². The van der Waals surface area contributed by atoms with Crippen molar-refractivity contribution in [2.24, 2.45) is 0 Å². The molecule has 1 saturated heterocycles. The first-order chi connectivity index (χ1) is 10.2. The summed E-state index contributed by atoms with van der Waals surface area (Å²) in [6, 6.07) is 7.48. The van der Waals surface area contributed by atoms with Gasteiger partial charge < -0.3 is 10.6 Å². The largest absolute Gasteiger partial charge is 0.354 e. The Morgan fingerprint density at radius 2 is 2.14 bits per heavy atom. The molecule has 3 amide bonds. The second-order valence-corrected chi connectivity index (χ2v) is 5.84. The third-order valence-corrected chi connectivity index (χ3v) is 4.26. The fourth-order valence-corrected chi connectivity index (χ4v) is 3.17. The van der Waals surface area contributed by atoms with Gasteiger partial charge in [-0.3, -0.25) is 9.69 Å². The molecule has 0 spiro atoms. The monoisotopic (exact) mass is 287 g/mol. The van der Waals surface area contributed by atoms with Gasteiger partial charge in [-0.25, -0.2) is 4.79 Å². The van der Waals surface area contributed by atoms with Crippen molar-refractivity contribution in [2.75, 3.05) is 11.4 Å². The summed E-state index contributed by atoms with van der Waals surface area (Å²) >= 11 is 0. The average molecular weight is 287 g/mol. The molecule has 0 aromatic heterocycles. The third-order valence-electron chi connectivity index (χ3n) is 4.26. The maximum atomic E-state index is 12.6. The standard InChI is InChI=1S/C16H21N3O2/c1-11-10-12-6-2-3-8-14(12)19(11)16(21)18-13-7-4-5-9-17-15(13)20/h2-3,6,8,11,13H,4-5,7,9-10H2,1H3,(H,17,20)(H,18,21). The number of carbonyl (C=O) groups excluding carboxylic acids is 2. The van der Waals surface area contributed by atoms with Crippen molar-refractivity contribution in [3.63, 3.8) is 0 Å². The maximum Gasteiger partial charge on any atom is 0.322 e. The van der Waals surface area contributed by atoms with E-state index >= 15 is 0 Å². The van der Waals surface area contributed by atoms with Crippen molar-refractivity contribution in [3.05, 3.63) is 29.8 Å². The van der Waals surface area contributed by atoms with Crippen molar-refractivity contribution in [1.82, 2.24) is 10.6 Å². The molecule has 1 fully saturated rings.